The highest BCUT2D eigenvalue weighted by molar-refractivity contribution is 7.98. The molecule has 0 aliphatic rings. The van der Waals surface area contributed by atoms with Crippen molar-refractivity contribution in [1.82, 2.24) is 15.3 Å². The number of hydrogen-bond donors (Lipinski definition) is 1. The molecule has 0 spiro atoms. The third-order valence-corrected chi connectivity index (χ3v) is 2.34. The van der Waals surface area contributed by atoms with Crippen molar-refractivity contribution in [2.24, 2.45) is 0 Å². The lowest BCUT2D eigenvalue weighted by atomic mass is 10.3. The van der Waals surface area contributed by atoms with Gasteiger partial charge in [0.2, 0.25) is 0 Å². The Hall–Kier alpha value is -0.610. The summed E-state index contributed by atoms with van der Waals surface area (Å²) in [6, 6.07) is 0. The Kier molecular flexibility index (Phi) is 5.52. The molecule has 0 saturated heterocycles. The number of hydrogen-bond acceptors (Lipinski definition) is 4. The number of nitrogens with one attached hydrogen (secondary N) is 1. The molecule has 4 heteroatoms. The zero-order chi connectivity index (χ0) is 9.36. The third kappa shape index (κ3) is 4.85. The van der Waals surface area contributed by atoms with Gasteiger partial charge in [0.1, 0.15) is 6.33 Å². The summed E-state index contributed by atoms with van der Waals surface area (Å²) in [6.45, 7) is 1.94. The highest BCUT2D eigenvalue weighted by Crippen LogP contribution is 1.95. The Labute approximate surface area is 83.4 Å². The predicted molar refractivity (Wildman–Crippen MR) is 56.7 cm³/mol. The van der Waals surface area contributed by atoms with Gasteiger partial charge in [0.15, 0.2) is 0 Å². The van der Waals surface area contributed by atoms with Gasteiger partial charge in [-0.25, -0.2) is 9.97 Å². The molecule has 1 heterocycles. The standard InChI is InChI=1S/C9H15N3S/c1-13-4-2-3-10-5-9-6-11-8-12-7-9/h6-8,10H,2-5H2,1H3. The van der Waals surface area contributed by atoms with Gasteiger partial charge in [0.05, 0.1) is 0 Å². The van der Waals surface area contributed by atoms with E-state index in [0.29, 0.717) is 0 Å². The zero-order valence-corrected chi connectivity index (χ0v) is 8.68. The molecule has 0 amide bonds. The molecule has 0 fully saturated rings. The Morgan fingerprint density at radius 3 is 2.85 bits per heavy atom. The summed E-state index contributed by atoms with van der Waals surface area (Å²) < 4.78 is 0. The topological polar surface area (TPSA) is 37.8 Å². The van der Waals surface area contributed by atoms with E-state index >= 15 is 0 Å². The van der Waals surface area contributed by atoms with Crippen LogP contribution in [0.1, 0.15) is 12.0 Å². The minimum Gasteiger partial charge on any atom is -0.313 e. The largest absolute Gasteiger partial charge is 0.313 e. The second kappa shape index (κ2) is 6.86. The van der Waals surface area contributed by atoms with Crippen molar-refractivity contribution in [3.8, 4) is 0 Å². The quantitative estimate of drug-likeness (QED) is 0.698. The van der Waals surface area contributed by atoms with Crippen LogP contribution in [-0.4, -0.2) is 28.5 Å². The van der Waals surface area contributed by atoms with E-state index in [1.165, 1.54) is 12.2 Å². The molecule has 1 N–H and O–H groups in total. The minimum absolute atomic E-state index is 0.870. The summed E-state index contributed by atoms with van der Waals surface area (Å²) in [5, 5.41) is 3.34. The first kappa shape index (κ1) is 10.5. The molecule has 1 aromatic rings. The van der Waals surface area contributed by atoms with Gasteiger partial charge in [0, 0.05) is 24.5 Å². The van der Waals surface area contributed by atoms with Crippen molar-refractivity contribution in [2.75, 3.05) is 18.6 Å². The van der Waals surface area contributed by atoms with Crippen LogP contribution in [0.2, 0.25) is 0 Å². The fraction of sp³-hybridized carbons (Fsp3) is 0.556. The van der Waals surface area contributed by atoms with Crippen LogP contribution in [-0.2, 0) is 6.54 Å². The van der Waals surface area contributed by atoms with Crippen LogP contribution in [0.4, 0.5) is 0 Å². The first-order valence-electron chi connectivity index (χ1n) is 4.37. The van der Waals surface area contributed by atoms with Crippen LogP contribution in [0.3, 0.4) is 0 Å². The molecule has 1 aromatic heterocycles. The Morgan fingerprint density at radius 1 is 1.38 bits per heavy atom. The first-order chi connectivity index (χ1) is 6.43. The monoisotopic (exact) mass is 197 g/mol. The molecule has 0 aliphatic heterocycles. The van der Waals surface area contributed by atoms with Crippen molar-refractivity contribution in [2.45, 2.75) is 13.0 Å². The highest BCUT2D eigenvalue weighted by Gasteiger charge is 1.91. The lowest BCUT2D eigenvalue weighted by molar-refractivity contribution is 0.675. The molecular weight excluding hydrogens is 182 g/mol. The molecule has 0 unspecified atom stereocenters. The number of thioether (sulfide) groups is 1. The maximum atomic E-state index is 3.94. The summed E-state index contributed by atoms with van der Waals surface area (Å²) >= 11 is 1.88. The zero-order valence-electron chi connectivity index (χ0n) is 7.86. The highest BCUT2D eigenvalue weighted by atomic mass is 32.2. The summed E-state index contributed by atoms with van der Waals surface area (Å²) in [7, 11) is 0. The van der Waals surface area contributed by atoms with Crippen molar-refractivity contribution < 1.29 is 0 Å². The van der Waals surface area contributed by atoms with Crippen molar-refractivity contribution >= 4 is 11.8 Å². The molecule has 0 saturated carbocycles. The Balaban J connectivity index is 2.07. The summed E-state index contributed by atoms with van der Waals surface area (Å²) in [5.41, 5.74) is 1.15. The molecule has 72 valence electrons. The molecule has 0 aromatic carbocycles. The maximum absolute atomic E-state index is 3.94. The smallest absolute Gasteiger partial charge is 0.115 e. The third-order valence-electron chi connectivity index (χ3n) is 1.65. The van der Waals surface area contributed by atoms with Gasteiger partial charge < -0.3 is 5.32 Å². The fourth-order valence-electron chi connectivity index (χ4n) is 0.995. The van der Waals surface area contributed by atoms with Crippen LogP contribution in [0, 0.1) is 0 Å². The van der Waals surface area contributed by atoms with Gasteiger partial charge in [-0.15, -0.1) is 0 Å². The van der Waals surface area contributed by atoms with Gasteiger partial charge in [-0.2, -0.15) is 11.8 Å². The van der Waals surface area contributed by atoms with E-state index < -0.39 is 0 Å². The first-order valence-corrected chi connectivity index (χ1v) is 5.76. The lowest BCUT2D eigenvalue weighted by Crippen LogP contribution is -2.15. The summed E-state index contributed by atoms with van der Waals surface area (Å²) in [5.74, 6) is 1.22. The molecule has 0 radical (unpaired) electrons. The summed E-state index contributed by atoms with van der Waals surface area (Å²) in [6.07, 6.45) is 8.58. The van der Waals surface area contributed by atoms with Crippen LogP contribution in [0.15, 0.2) is 18.7 Å². The molecule has 0 bridgehead atoms. The molecule has 13 heavy (non-hydrogen) atoms. The number of nitrogens with zero attached hydrogens (tertiary/aromatic N) is 2. The van der Waals surface area contributed by atoms with Crippen LogP contribution in [0.5, 0.6) is 0 Å². The summed E-state index contributed by atoms with van der Waals surface area (Å²) in [4.78, 5) is 7.89. The van der Waals surface area contributed by atoms with E-state index in [1.54, 1.807) is 6.33 Å². The van der Waals surface area contributed by atoms with E-state index in [4.69, 9.17) is 0 Å². The van der Waals surface area contributed by atoms with E-state index in [9.17, 15) is 0 Å². The molecule has 3 nitrogen and oxygen atoms in total. The Bertz CT molecular complexity index is 215. The predicted octanol–water partition coefficient (Wildman–Crippen LogP) is 1.32. The second-order valence-corrected chi connectivity index (χ2v) is 3.76. The van der Waals surface area contributed by atoms with Gasteiger partial charge >= 0.3 is 0 Å². The molecule has 0 aliphatic carbocycles. The van der Waals surface area contributed by atoms with Gasteiger partial charge in [-0.05, 0) is 25.0 Å². The van der Waals surface area contributed by atoms with E-state index in [2.05, 4.69) is 21.5 Å². The average molecular weight is 197 g/mol. The fourth-order valence-corrected chi connectivity index (χ4v) is 1.43. The van der Waals surface area contributed by atoms with Gasteiger partial charge in [-0.3, -0.25) is 0 Å². The van der Waals surface area contributed by atoms with Crippen molar-refractivity contribution in [3.05, 3.63) is 24.3 Å². The molecule has 0 atom stereocenters. The van der Waals surface area contributed by atoms with E-state index in [1.807, 2.05) is 24.2 Å². The van der Waals surface area contributed by atoms with Gasteiger partial charge in [-0.1, -0.05) is 0 Å². The van der Waals surface area contributed by atoms with E-state index in [0.717, 1.165) is 18.7 Å². The van der Waals surface area contributed by atoms with Crippen LogP contribution in [0.25, 0.3) is 0 Å². The van der Waals surface area contributed by atoms with Crippen LogP contribution >= 0.6 is 11.8 Å². The average Bonchev–Trinajstić information content (AvgIpc) is 2.19. The number of aromatic nitrogens is 2. The van der Waals surface area contributed by atoms with E-state index in [-0.39, 0.29) is 0 Å². The SMILES string of the molecule is CSCCCNCc1cncnc1. The van der Waals surface area contributed by atoms with Crippen molar-refractivity contribution in [3.63, 3.8) is 0 Å². The number of rotatable bonds is 6. The molecular formula is C9H15N3S. The van der Waals surface area contributed by atoms with Crippen molar-refractivity contribution in [1.29, 1.82) is 0 Å². The van der Waals surface area contributed by atoms with Crippen LogP contribution < -0.4 is 5.32 Å². The Morgan fingerprint density at radius 2 is 2.15 bits per heavy atom. The normalized spacial score (nSPS) is 10.2. The minimum atomic E-state index is 0.870. The van der Waals surface area contributed by atoms with Gasteiger partial charge in [0.25, 0.3) is 0 Å². The second-order valence-electron chi connectivity index (χ2n) is 2.77. The lowest BCUT2D eigenvalue weighted by Gasteiger charge is -2.02. The molecule has 1 rings (SSSR count). The maximum Gasteiger partial charge on any atom is 0.115 e.